The highest BCUT2D eigenvalue weighted by Gasteiger charge is 2.13. The fraction of sp³-hybridized carbons (Fsp3) is 0.600. The van der Waals surface area contributed by atoms with Crippen molar-refractivity contribution < 1.29 is 9.84 Å². The van der Waals surface area contributed by atoms with Crippen molar-refractivity contribution in [1.29, 1.82) is 0 Å². The molecule has 0 amide bonds. The summed E-state index contributed by atoms with van der Waals surface area (Å²) in [5, 5.41) is 8.91. The molecule has 0 fully saturated rings. The van der Waals surface area contributed by atoms with Crippen molar-refractivity contribution in [2.24, 2.45) is 0 Å². The Bertz CT molecular complexity index is 356. The second-order valence-electron chi connectivity index (χ2n) is 4.71. The molecule has 0 heterocycles. The third kappa shape index (κ3) is 3.47. The maximum Gasteiger partial charge on any atom is 0.125 e. The second kappa shape index (κ2) is 6.65. The molecule has 2 heteroatoms. The third-order valence-corrected chi connectivity index (χ3v) is 3.08. The van der Waals surface area contributed by atoms with Gasteiger partial charge in [0.25, 0.3) is 0 Å². The number of aliphatic hydroxyl groups is 1. The molecule has 0 aromatic heterocycles. The van der Waals surface area contributed by atoms with Crippen LogP contribution in [0.1, 0.15) is 49.8 Å². The van der Waals surface area contributed by atoms with E-state index in [-0.39, 0.29) is 6.61 Å². The lowest BCUT2D eigenvalue weighted by molar-refractivity contribution is 0.288. The standard InChI is InChI=1S/C15H24O2/c1-5-13-9-12(7-6-8-16)10-14(11(2)3)15(13)17-4/h9-11,16H,5-8H2,1-4H3. The fourth-order valence-electron chi connectivity index (χ4n) is 2.15. The summed E-state index contributed by atoms with van der Waals surface area (Å²) in [5.74, 6) is 1.50. The highest BCUT2D eigenvalue weighted by molar-refractivity contribution is 5.46. The summed E-state index contributed by atoms with van der Waals surface area (Å²) in [5.41, 5.74) is 3.85. The number of aryl methyl sites for hydroxylation is 2. The quantitative estimate of drug-likeness (QED) is 0.821. The van der Waals surface area contributed by atoms with E-state index in [2.05, 4.69) is 32.9 Å². The first kappa shape index (κ1) is 14.0. The van der Waals surface area contributed by atoms with Gasteiger partial charge in [0.2, 0.25) is 0 Å². The van der Waals surface area contributed by atoms with Crippen LogP contribution in [0.2, 0.25) is 0 Å². The third-order valence-electron chi connectivity index (χ3n) is 3.08. The van der Waals surface area contributed by atoms with Crippen LogP contribution in [0.4, 0.5) is 0 Å². The van der Waals surface area contributed by atoms with E-state index in [4.69, 9.17) is 9.84 Å². The molecule has 96 valence electrons. The Balaban J connectivity index is 3.15. The Kier molecular flexibility index (Phi) is 5.49. The molecule has 1 rings (SSSR count). The molecule has 0 bridgehead atoms. The first-order chi connectivity index (χ1) is 8.13. The van der Waals surface area contributed by atoms with Gasteiger partial charge in [0.15, 0.2) is 0 Å². The van der Waals surface area contributed by atoms with Crippen molar-refractivity contribution in [2.75, 3.05) is 13.7 Å². The molecule has 1 aromatic carbocycles. The molecule has 0 spiro atoms. The molecule has 0 radical (unpaired) electrons. The summed E-state index contributed by atoms with van der Waals surface area (Å²) >= 11 is 0. The molecule has 1 N–H and O–H groups in total. The van der Waals surface area contributed by atoms with Gasteiger partial charge >= 0.3 is 0 Å². The van der Waals surface area contributed by atoms with Crippen LogP contribution in [0.3, 0.4) is 0 Å². The maximum absolute atomic E-state index is 8.91. The molecule has 0 saturated heterocycles. The van der Waals surface area contributed by atoms with E-state index < -0.39 is 0 Å². The Labute approximate surface area is 105 Å². The van der Waals surface area contributed by atoms with Crippen LogP contribution in [-0.4, -0.2) is 18.8 Å². The molecule has 17 heavy (non-hydrogen) atoms. The van der Waals surface area contributed by atoms with Gasteiger partial charge < -0.3 is 9.84 Å². The normalized spacial score (nSPS) is 10.9. The van der Waals surface area contributed by atoms with E-state index in [1.165, 1.54) is 16.7 Å². The summed E-state index contributed by atoms with van der Waals surface area (Å²) in [6.45, 7) is 6.78. The van der Waals surface area contributed by atoms with E-state index in [0.717, 1.165) is 25.0 Å². The van der Waals surface area contributed by atoms with Crippen LogP contribution in [0.5, 0.6) is 5.75 Å². The number of benzene rings is 1. The van der Waals surface area contributed by atoms with Crippen LogP contribution < -0.4 is 4.74 Å². The van der Waals surface area contributed by atoms with Crippen molar-refractivity contribution in [1.82, 2.24) is 0 Å². The molecule has 0 aliphatic rings. The van der Waals surface area contributed by atoms with E-state index in [1.807, 2.05) is 0 Å². The molecule has 0 aliphatic heterocycles. The number of aliphatic hydroxyl groups excluding tert-OH is 1. The number of rotatable bonds is 6. The van der Waals surface area contributed by atoms with Gasteiger partial charge in [-0.3, -0.25) is 0 Å². The highest BCUT2D eigenvalue weighted by Crippen LogP contribution is 2.32. The second-order valence-corrected chi connectivity index (χ2v) is 4.71. The smallest absolute Gasteiger partial charge is 0.125 e. The van der Waals surface area contributed by atoms with Crippen molar-refractivity contribution in [3.8, 4) is 5.75 Å². The van der Waals surface area contributed by atoms with Crippen molar-refractivity contribution in [2.45, 2.75) is 46.0 Å². The Hall–Kier alpha value is -1.02. The van der Waals surface area contributed by atoms with Crippen LogP contribution in [0, 0.1) is 0 Å². The lowest BCUT2D eigenvalue weighted by Gasteiger charge is -2.17. The van der Waals surface area contributed by atoms with Gasteiger partial charge in [0, 0.05) is 6.61 Å². The Morgan fingerprint density at radius 2 is 2.00 bits per heavy atom. The molecule has 1 aromatic rings. The van der Waals surface area contributed by atoms with Gasteiger partial charge in [0.1, 0.15) is 5.75 Å². The molecular formula is C15H24O2. The number of hydrogen-bond donors (Lipinski definition) is 1. The topological polar surface area (TPSA) is 29.5 Å². The maximum atomic E-state index is 8.91. The molecular weight excluding hydrogens is 212 g/mol. The van der Waals surface area contributed by atoms with E-state index in [0.29, 0.717) is 5.92 Å². The average Bonchev–Trinajstić information content (AvgIpc) is 2.34. The van der Waals surface area contributed by atoms with E-state index in [9.17, 15) is 0 Å². The summed E-state index contributed by atoms with van der Waals surface area (Å²) in [6.07, 6.45) is 2.75. The zero-order chi connectivity index (χ0) is 12.8. The lowest BCUT2D eigenvalue weighted by atomic mass is 9.93. The van der Waals surface area contributed by atoms with Crippen LogP contribution in [-0.2, 0) is 12.8 Å². The minimum Gasteiger partial charge on any atom is -0.496 e. The van der Waals surface area contributed by atoms with Gasteiger partial charge in [-0.15, -0.1) is 0 Å². The van der Waals surface area contributed by atoms with Gasteiger partial charge in [0.05, 0.1) is 7.11 Å². The summed E-state index contributed by atoms with van der Waals surface area (Å²) in [4.78, 5) is 0. The number of hydrogen-bond acceptors (Lipinski definition) is 2. The van der Waals surface area contributed by atoms with Crippen LogP contribution >= 0.6 is 0 Å². The average molecular weight is 236 g/mol. The van der Waals surface area contributed by atoms with Crippen molar-refractivity contribution in [3.63, 3.8) is 0 Å². The van der Waals surface area contributed by atoms with Gasteiger partial charge in [-0.25, -0.2) is 0 Å². The number of methoxy groups -OCH3 is 1. The summed E-state index contributed by atoms with van der Waals surface area (Å²) < 4.78 is 5.54. The van der Waals surface area contributed by atoms with Crippen molar-refractivity contribution in [3.05, 3.63) is 28.8 Å². The summed E-state index contributed by atoms with van der Waals surface area (Å²) in [7, 11) is 1.74. The molecule has 0 atom stereocenters. The van der Waals surface area contributed by atoms with Gasteiger partial charge in [-0.2, -0.15) is 0 Å². The first-order valence-corrected chi connectivity index (χ1v) is 6.44. The van der Waals surface area contributed by atoms with Crippen molar-refractivity contribution >= 4 is 0 Å². The van der Waals surface area contributed by atoms with Crippen LogP contribution in [0.25, 0.3) is 0 Å². The largest absolute Gasteiger partial charge is 0.496 e. The molecule has 0 saturated carbocycles. The van der Waals surface area contributed by atoms with E-state index in [1.54, 1.807) is 7.11 Å². The minimum absolute atomic E-state index is 0.254. The van der Waals surface area contributed by atoms with Gasteiger partial charge in [-0.05, 0) is 41.9 Å². The zero-order valence-corrected chi connectivity index (χ0v) is 11.4. The SMILES string of the molecule is CCc1cc(CCCO)cc(C(C)C)c1OC. The van der Waals surface area contributed by atoms with E-state index >= 15 is 0 Å². The monoisotopic (exact) mass is 236 g/mol. The molecule has 2 nitrogen and oxygen atoms in total. The lowest BCUT2D eigenvalue weighted by Crippen LogP contribution is -2.01. The minimum atomic E-state index is 0.254. The predicted octanol–water partition coefficient (Wildman–Crippen LogP) is 3.31. The Morgan fingerprint density at radius 1 is 1.29 bits per heavy atom. The zero-order valence-electron chi connectivity index (χ0n) is 11.4. The van der Waals surface area contributed by atoms with Crippen LogP contribution in [0.15, 0.2) is 12.1 Å². The van der Waals surface area contributed by atoms with Gasteiger partial charge in [-0.1, -0.05) is 32.9 Å². The fourth-order valence-corrected chi connectivity index (χ4v) is 2.15. The number of ether oxygens (including phenoxy) is 1. The Morgan fingerprint density at radius 3 is 2.47 bits per heavy atom. The predicted molar refractivity (Wildman–Crippen MR) is 71.9 cm³/mol. The highest BCUT2D eigenvalue weighted by atomic mass is 16.5. The molecule has 0 unspecified atom stereocenters. The summed E-state index contributed by atoms with van der Waals surface area (Å²) in [6, 6.07) is 4.43. The first-order valence-electron chi connectivity index (χ1n) is 6.44. The molecule has 0 aliphatic carbocycles.